The molecule has 0 radical (unpaired) electrons. The largest absolute Gasteiger partial charge is 0.493 e. The van der Waals surface area contributed by atoms with Gasteiger partial charge in [-0.1, -0.05) is 18.2 Å². The Bertz CT molecular complexity index is 829. The van der Waals surface area contributed by atoms with E-state index in [9.17, 15) is 4.79 Å². The molecule has 1 heterocycles. The molecule has 148 valence electrons. The Balaban J connectivity index is 1.43. The maximum Gasteiger partial charge on any atom is 0.224 e. The first-order valence-corrected chi connectivity index (χ1v) is 10.1. The third-order valence-electron chi connectivity index (χ3n) is 5.56. The van der Waals surface area contributed by atoms with Crippen LogP contribution in [-0.2, 0) is 4.79 Å². The van der Waals surface area contributed by atoms with Gasteiger partial charge < -0.3 is 19.5 Å². The van der Waals surface area contributed by atoms with Crippen molar-refractivity contribution in [1.82, 2.24) is 0 Å². The Morgan fingerprint density at radius 3 is 2.75 bits per heavy atom. The van der Waals surface area contributed by atoms with Crippen LogP contribution < -0.4 is 19.5 Å². The van der Waals surface area contributed by atoms with Gasteiger partial charge in [0.1, 0.15) is 5.75 Å². The van der Waals surface area contributed by atoms with Crippen LogP contribution >= 0.6 is 0 Å². The predicted octanol–water partition coefficient (Wildman–Crippen LogP) is 4.91. The molecule has 1 aliphatic heterocycles. The number of carbonyl (C=O) groups excluding carboxylic acids is 1. The second kappa shape index (κ2) is 8.55. The van der Waals surface area contributed by atoms with E-state index < -0.39 is 0 Å². The molecule has 2 aromatic carbocycles. The molecule has 2 aromatic rings. The van der Waals surface area contributed by atoms with Gasteiger partial charge in [-0.3, -0.25) is 4.79 Å². The van der Waals surface area contributed by atoms with Gasteiger partial charge in [0.2, 0.25) is 5.91 Å². The van der Waals surface area contributed by atoms with Crippen LogP contribution in [-0.4, -0.2) is 25.7 Å². The fourth-order valence-corrected chi connectivity index (χ4v) is 4.10. The highest BCUT2D eigenvalue weighted by Crippen LogP contribution is 2.37. The molecule has 1 aliphatic carbocycles. The Morgan fingerprint density at radius 2 is 1.93 bits per heavy atom. The minimum absolute atomic E-state index is 0.00122. The van der Waals surface area contributed by atoms with Gasteiger partial charge >= 0.3 is 0 Å². The molecule has 5 heteroatoms. The van der Waals surface area contributed by atoms with Crippen molar-refractivity contribution in [1.29, 1.82) is 0 Å². The van der Waals surface area contributed by atoms with Crippen LogP contribution in [0.25, 0.3) is 0 Å². The summed E-state index contributed by atoms with van der Waals surface area (Å²) in [6.07, 6.45) is 6.07. The standard InChI is InChI=1S/C23H27NO4/c1-26-21-11-10-17(15-22(21)28-18-6-2-3-7-18)24-23(25)14-16-12-13-27-20-9-5-4-8-19(16)20/h4-5,8-11,15-16,18H,2-3,6-7,12-14H2,1H3,(H,24,25). The number of methoxy groups -OCH3 is 1. The van der Waals surface area contributed by atoms with Crippen LogP contribution in [0.4, 0.5) is 5.69 Å². The number of hydrogen-bond donors (Lipinski definition) is 1. The number of anilines is 1. The lowest BCUT2D eigenvalue weighted by Gasteiger charge is -2.25. The molecule has 4 rings (SSSR count). The molecular weight excluding hydrogens is 354 g/mol. The van der Waals surface area contributed by atoms with Crippen LogP contribution in [0.5, 0.6) is 17.2 Å². The Morgan fingerprint density at radius 1 is 1.11 bits per heavy atom. The summed E-state index contributed by atoms with van der Waals surface area (Å²) in [6.45, 7) is 0.650. The van der Waals surface area contributed by atoms with Crippen LogP contribution in [0.1, 0.15) is 50.0 Å². The fraction of sp³-hybridized carbons (Fsp3) is 0.435. The topological polar surface area (TPSA) is 56.8 Å². The van der Waals surface area contributed by atoms with Crippen molar-refractivity contribution in [2.24, 2.45) is 0 Å². The van der Waals surface area contributed by atoms with Crippen molar-refractivity contribution >= 4 is 11.6 Å². The molecule has 1 amide bonds. The SMILES string of the molecule is COc1ccc(NC(=O)CC2CCOc3ccccc32)cc1OC1CCCC1. The number of para-hydroxylation sites is 1. The minimum Gasteiger partial charge on any atom is -0.493 e. The van der Waals surface area contributed by atoms with Gasteiger partial charge in [0.15, 0.2) is 11.5 Å². The quantitative estimate of drug-likeness (QED) is 0.772. The molecule has 0 saturated heterocycles. The molecule has 5 nitrogen and oxygen atoms in total. The molecule has 1 N–H and O–H groups in total. The first-order chi connectivity index (χ1) is 13.7. The third kappa shape index (κ3) is 4.24. The average molecular weight is 381 g/mol. The number of carbonyl (C=O) groups is 1. The highest BCUT2D eigenvalue weighted by molar-refractivity contribution is 5.91. The number of rotatable bonds is 6. The van der Waals surface area contributed by atoms with Gasteiger partial charge in [-0.05, 0) is 61.8 Å². The van der Waals surface area contributed by atoms with Crippen molar-refractivity contribution in [2.45, 2.75) is 50.5 Å². The van der Waals surface area contributed by atoms with E-state index in [0.29, 0.717) is 24.5 Å². The van der Waals surface area contributed by atoms with E-state index in [1.807, 2.05) is 42.5 Å². The molecule has 1 saturated carbocycles. The number of fused-ring (bicyclic) bond motifs is 1. The van der Waals surface area contributed by atoms with E-state index in [2.05, 4.69) is 5.32 Å². The van der Waals surface area contributed by atoms with Crippen LogP contribution in [0.15, 0.2) is 42.5 Å². The van der Waals surface area contributed by atoms with Crippen LogP contribution in [0, 0.1) is 0 Å². The minimum atomic E-state index is -0.00122. The summed E-state index contributed by atoms with van der Waals surface area (Å²) < 4.78 is 17.2. The van der Waals surface area contributed by atoms with Gasteiger partial charge in [0, 0.05) is 18.2 Å². The van der Waals surface area contributed by atoms with Crippen molar-refractivity contribution in [3.8, 4) is 17.2 Å². The highest BCUT2D eigenvalue weighted by atomic mass is 16.5. The highest BCUT2D eigenvalue weighted by Gasteiger charge is 2.24. The summed E-state index contributed by atoms with van der Waals surface area (Å²) in [5, 5.41) is 3.02. The van der Waals surface area contributed by atoms with Gasteiger partial charge in [-0.15, -0.1) is 0 Å². The van der Waals surface area contributed by atoms with E-state index in [-0.39, 0.29) is 17.9 Å². The zero-order valence-electron chi connectivity index (χ0n) is 16.3. The molecule has 0 spiro atoms. The Kier molecular flexibility index (Phi) is 5.70. The maximum absolute atomic E-state index is 12.7. The fourth-order valence-electron chi connectivity index (χ4n) is 4.10. The predicted molar refractivity (Wildman–Crippen MR) is 108 cm³/mol. The zero-order valence-corrected chi connectivity index (χ0v) is 16.3. The second-order valence-corrected chi connectivity index (χ2v) is 7.51. The number of ether oxygens (including phenoxy) is 3. The van der Waals surface area contributed by atoms with E-state index in [0.717, 1.165) is 36.3 Å². The van der Waals surface area contributed by atoms with Gasteiger partial charge in [-0.25, -0.2) is 0 Å². The number of amides is 1. The van der Waals surface area contributed by atoms with Crippen molar-refractivity contribution < 1.29 is 19.0 Å². The van der Waals surface area contributed by atoms with E-state index in [1.54, 1.807) is 7.11 Å². The van der Waals surface area contributed by atoms with Crippen molar-refractivity contribution in [2.75, 3.05) is 19.0 Å². The molecule has 2 aliphatic rings. The summed E-state index contributed by atoms with van der Waals surface area (Å²) in [4.78, 5) is 12.7. The lowest BCUT2D eigenvalue weighted by molar-refractivity contribution is -0.116. The van der Waals surface area contributed by atoms with E-state index >= 15 is 0 Å². The molecule has 1 fully saturated rings. The van der Waals surface area contributed by atoms with Gasteiger partial charge in [0.25, 0.3) is 0 Å². The monoisotopic (exact) mass is 381 g/mol. The normalized spacial score (nSPS) is 18.8. The molecule has 1 atom stereocenters. The molecule has 0 aromatic heterocycles. The lowest BCUT2D eigenvalue weighted by atomic mass is 9.90. The van der Waals surface area contributed by atoms with Crippen LogP contribution in [0.2, 0.25) is 0 Å². The first-order valence-electron chi connectivity index (χ1n) is 10.1. The van der Waals surface area contributed by atoms with Crippen molar-refractivity contribution in [3.63, 3.8) is 0 Å². The van der Waals surface area contributed by atoms with E-state index in [1.165, 1.54) is 12.8 Å². The summed E-state index contributed by atoms with van der Waals surface area (Å²) in [6, 6.07) is 13.6. The van der Waals surface area contributed by atoms with Gasteiger partial charge in [0.05, 0.1) is 19.8 Å². The molecule has 0 bridgehead atoms. The molecular formula is C23H27NO4. The summed E-state index contributed by atoms with van der Waals surface area (Å²) in [5.41, 5.74) is 1.85. The first kappa shape index (κ1) is 18.7. The second-order valence-electron chi connectivity index (χ2n) is 7.51. The third-order valence-corrected chi connectivity index (χ3v) is 5.56. The summed E-state index contributed by atoms with van der Waals surface area (Å²) >= 11 is 0. The number of nitrogens with one attached hydrogen (secondary N) is 1. The van der Waals surface area contributed by atoms with Crippen molar-refractivity contribution in [3.05, 3.63) is 48.0 Å². The smallest absolute Gasteiger partial charge is 0.224 e. The number of benzene rings is 2. The number of hydrogen-bond acceptors (Lipinski definition) is 4. The molecule has 28 heavy (non-hydrogen) atoms. The summed E-state index contributed by atoms with van der Waals surface area (Å²) in [7, 11) is 1.64. The average Bonchev–Trinajstić information content (AvgIpc) is 3.22. The summed E-state index contributed by atoms with van der Waals surface area (Å²) in [5.74, 6) is 2.46. The van der Waals surface area contributed by atoms with Gasteiger partial charge in [-0.2, -0.15) is 0 Å². The zero-order chi connectivity index (χ0) is 19.3. The molecule has 1 unspecified atom stereocenters. The lowest BCUT2D eigenvalue weighted by Crippen LogP contribution is -2.20. The maximum atomic E-state index is 12.7. The van der Waals surface area contributed by atoms with Crippen LogP contribution in [0.3, 0.4) is 0 Å². The Hall–Kier alpha value is -2.69. The Labute approximate surface area is 166 Å². The van der Waals surface area contributed by atoms with E-state index in [4.69, 9.17) is 14.2 Å².